The van der Waals surface area contributed by atoms with Crippen molar-refractivity contribution in [2.75, 3.05) is 30.4 Å². The van der Waals surface area contributed by atoms with Gasteiger partial charge in [0.1, 0.15) is 5.82 Å². The third-order valence-corrected chi connectivity index (χ3v) is 3.35. The normalized spacial score (nSPS) is 18.4. The highest BCUT2D eigenvalue weighted by Gasteiger charge is 2.14. The maximum absolute atomic E-state index is 5.46. The van der Waals surface area contributed by atoms with Gasteiger partial charge in [0.15, 0.2) is 0 Å². The Morgan fingerprint density at radius 3 is 3.19 bits per heavy atom. The van der Waals surface area contributed by atoms with E-state index < -0.39 is 0 Å². The molecular formula is C14H20N6O. The van der Waals surface area contributed by atoms with Gasteiger partial charge in [0.2, 0.25) is 5.95 Å². The Morgan fingerprint density at radius 2 is 2.38 bits per heavy atom. The van der Waals surface area contributed by atoms with Crippen molar-refractivity contribution in [3.8, 4) is 0 Å². The van der Waals surface area contributed by atoms with Crippen LogP contribution in [-0.2, 0) is 11.3 Å². The van der Waals surface area contributed by atoms with E-state index in [9.17, 15) is 0 Å². The molecule has 0 aromatic carbocycles. The molecule has 0 amide bonds. The Morgan fingerprint density at radius 1 is 1.38 bits per heavy atom. The second-order valence-electron chi connectivity index (χ2n) is 5.02. The Labute approximate surface area is 123 Å². The quantitative estimate of drug-likeness (QED) is 0.836. The molecule has 1 saturated heterocycles. The van der Waals surface area contributed by atoms with Gasteiger partial charge in [0.05, 0.1) is 19.2 Å². The van der Waals surface area contributed by atoms with Crippen molar-refractivity contribution < 1.29 is 4.74 Å². The van der Waals surface area contributed by atoms with E-state index in [0.29, 0.717) is 12.0 Å². The first kappa shape index (κ1) is 13.8. The predicted octanol–water partition coefficient (Wildman–Crippen LogP) is 1.38. The molecule has 0 saturated carbocycles. The van der Waals surface area contributed by atoms with E-state index >= 15 is 0 Å². The predicted molar refractivity (Wildman–Crippen MR) is 80.2 cm³/mol. The third kappa shape index (κ3) is 4.16. The lowest BCUT2D eigenvalue weighted by Gasteiger charge is -2.23. The van der Waals surface area contributed by atoms with Gasteiger partial charge in [-0.15, -0.1) is 0 Å². The van der Waals surface area contributed by atoms with Gasteiger partial charge >= 0.3 is 0 Å². The minimum atomic E-state index is 0.338. The Hall–Kier alpha value is -2.15. The molecular weight excluding hydrogens is 268 g/mol. The fraction of sp³-hybridized carbons (Fsp3) is 0.500. The zero-order chi connectivity index (χ0) is 14.3. The Bertz CT molecular complexity index is 538. The molecule has 7 heteroatoms. The number of anilines is 2. The summed E-state index contributed by atoms with van der Waals surface area (Å²) in [6.45, 7) is 3.12. The van der Waals surface area contributed by atoms with Crippen LogP contribution in [0.5, 0.6) is 0 Å². The summed E-state index contributed by atoms with van der Waals surface area (Å²) >= 11 is 0. The van der Waals surface area contributed by atoms with Gasteiger partial charge in [-0.25, -0.2) is 4.98 Å². The van der Waals surface area contributed by atoms with Crippen molar-refractivity contribution in [3.63, 3.8) is 0 Å². The minimum Gasteiger partial charge on any atom is -0.379 e. The lowest BCUT2D eigenvalue weighted by atomic mass is 10.1. The minimum absolute atomic E-state index is 0.338. The number of nitrogens with one attached hydrogen (secondary N) is 2. The first-order chi connectivity index (χ1) is 10.4. The van der Waals surface area contributed by atoms with Crippen LogP contribution in [0.4, 0.5) is 11.8 Å². The zero-order valence-corrected chi connectivity index (χ0v) is 11.9. The standard InChI is InChI=1S/C14H20N6O/c1-3-12(11-21-10-1)18-13-4-6-15-14(19-13)16-7-9-20-8-2-5-17-20/h2,4-6,8,12H,1,3,7,9-11H2,(H2,15,16,18,19)/t12-/m0/s1. The molecule has 3 rings (SSSR count). The van der Waals surface area contributed by atoms with E-state index in [1.54, 1.807) is 12.4 Å². The monoisotopic (exact) mass is 288 g/mol. The molecule has 3 heterocycles. The van der Waals surface area contributed by atoms with Crippen LogP contribution < -0.4 is 10.6 Å². The van der Waals surface area contributed by atoms with Crippen LogP contribution in [0.15, 0.2) is 30.7 Å². The molecule has 0 bridgehead atoms. The first-order valence-electron chi connectivity index (χ1n) is 7.29. The number of ether oxygens (including phenoxy) is 1. The summed E-state index contributed by atoms with van der Waals surface area (Å²) in [7, 11) is 0. The van der Waals surface area contributed by atoms with Crippen molar-refractivity contribution in [2.24, 2.45) is 0 Å². The van der Waals surface area contributed by atoms with Crippen LogP contribution >= 0.6 is 0 Å². The lowest BCUT2D eigenvalue weighted by molar-refractivity contribution is 0.0875. The SMILES string of the molecule is c1cnn(CCNc2nccc(N[C@H]3CCCOC3)n2)c1. The summed E-state index contributed by atoms with van der Waals surface area (Å²) in [5.41, 5.74) is 0. The maximum Gasteiger partial charge on any atom is 0.224 e. The van der Waals surface area contributed by atoms with Crippen LogP contribution in [-0.4, -0.2) is 45.5 Å². The van der Waals surface area contributed by atoms with E-state index in [1.165, 1.54) is 0 Å². The molecule has 1 aliphatic heterocycles. The highest BCUT2D eigenvalue weighted by molar-refractivity contribution is 5.40. The molecule has 1 aliphatic rings. The van der Waals surface area contributed by atoms with E-state index in [-0.39, 0.29) is 0 Å². The van der Waals surface area contributed by atoms with Gasteiger partial charge < -0.3 is 15.4 Å². The van der Waals surface area contributed by atoms with Crippen molar-refractivity contribution >= 4 is 11.8 Å². The third-order valence-electron chi connectivity index (χ3n) is 3.35. The van der Waals surface area contributed by atoms with Crippen LogP contribution in [0.3, 0.4) is 0 Å². The number of aromatic nitrogens is 4. The molecule has 112 valence electrons. The van der Waals surface area contributed by atoms with Gasteiger partial charge in [-0.05, 0) is 25.0 Å². The average Bonchev–Trinajstić information content (AvgIpc) is 3.02. The molecule has 0 radical (unpaired) electrons. The number of hydrogen-bond acceptors (Lipinski definition) is 6. The summed E-state index contributed by atoms with van der Waals surface area (Å²) < 4.78 is 7.33. The van der Waals surface area contributed by atoms with Gasteiger partial charge in [-0.1, -0.05) is 0 Å². The number of hydrogen-bond donors (Lipinski definition) is 2. The van der Waals surface area contributed by atoms with Crippen LogP contribution in [0.2, 0.25) is 0 Å². The van der Waals surface area contributed by atoms with E-state index in [1.807, 2.05) is 23.0 Å². The van der Waals surface area contributed by atoms with Gasteiger partial charge in [-0.2, -0.15) is 10.1 Å². The summed E-state index contributed by atoms with van der Waals surface area (Å²) in [6, 6.07) is 4.13. The zero-order valence-electron chi connectivity index (χ0n) is 11.9. The largest absolute Gasteiger partial charge is 0.379 e. The highest BCUT2D eigenvalue weighted by Crippen LogP contribution is 2.13. The van der Waals surface area contributed by atoms with Crippen LogP contribution in [0.25, 0.3) is 0 Å². The Balaban J connectivity index is 1.50. The maximum atomic E-state index is 5.46. The molecule has 2 aromatic rings. The second kappa shape index (κ2) is 7.03. The molecule has 0 unspecified atom stereocenters. The highest BCUT2D eigenvalue weighted by atomic mass is 16.5. The van der Waals surface area contributed by atoms with Crippen molar-refractivity contribution in [2.45, 2.75) is 25.4 Å². The molecule has 1 fully saturated rings. The topological polar surface area (TPSA) is 76.9 Å². The molecule has 2 aromatic heterocycles. The Kier molecular flexibility index (Phi) is 4.62. The second-order valence-corrected chi connectivity index (χ2v) is 5.02. The van der Waals surface area contributed by atoms with Crippen molar-refractivity contribution in [1.29, 1.82) is 0 Å². The molecule has 0 aliphatic carbocycles. The fourth-order valence-electron chi connectivity index (χ4n) is 2.30. The molecule has 21 heavy (non-hydrogen) atoms. The van der Waals surface area contributed by atoms with Gasteiger partial charge in [-0.3, -0.25) is 4.68 Å². The fourth-order valence-corrected chi connectivity index (χ4v) is 2.30. The lowest BCUT2D eigenvalue weighted by Crippen LogP contribution is -2.30. The summed E-state index contributed by atoms with van der Waals surface area (Å²) in [5, 5.41) is 10.7. The van der Waals surface area contributed by atoms with Gasteiger partial charge in [0.25, 0.3) is 0 Å². The van der Waals surface area contributed by atoms with E-state index in [4.69, 9.17) is 4.74 Å². The number of nitrogens with zero attached hydrogens (tertiary/aromatic N) is 4. The average molecular weight is 288 g/mol. The smallest absolute Gasteiger partial charge is 0.224 e. The van der Waals surface area contributed by atoms with Crippen LogP contribution in [0, 0.1) is 0 Å². The molecule has 7 nitrogen and oxygen atoms in total. The summed E-state index contributed by atoms with van der Waals surface area (Å²) in [5.74, 6) is 1.46. The first-order valence-corrected chi connectivity index (χ1v) is 7.29. The summed E-state index contributed by atoms with van der Waals surface area (Å²) in [4.78, 5) is 8.70. The summed E-state index contributed by atoms with van der Waals surface area (Å²) in [6.07, 6.45) is 7.68. The van der Waals surface area contributed by atoms with Crippen molar-refractivity contribution in [1.82, 2.24) is 19.7 Å². The van der Waals surface area contributed by atoms with Crippen molar-refractivity contribution in [3.05, 3.63) is 30.7 Å². The molecule has 1 atom stereocenters. The molecule has 0 spiro atoms. The van der Waals surface area contributed by atoms with E-state index in [2.05, 4.69) is 25.7 Å². The number of rotatable bonds is 6. The van der Waals surface area contributed by atoms with Gasteiger partial charge in [0, 0.05) is 31.7 Å². The van der Waals surface area contributed by atoms with Crippen LogP contribution in [0.1, 0.15) is 12.8 Å². The molecule has 2 N–H and O–H groups in total. The van der Waals surface area contributed by atoms with E-state index in [0.717, 1.165) is 45.0 Å².